The van der Waals surface area contributed by atoms with Gasteiger partial charge in [0.2, 0.25) is 0 Å². The van der Waals surface area contributed by atoms with Gasteiger partial charge in [-0.25, -0.2) is 0 Å². The van der Waals surface area contributed by atoms with Crippen molar-refractivity contribution in [1.82, 2.24) is 5.32 Å². The van der Waals surface area contributed by atoms with Crippen molar-refractivity contribution in [2.45, 2.75) is 49.9 Å². The van der Waals surface area contributed by atoms with Crippen LogP contribution in [0.4, 0.5) is 0 Å². The molecule has 1 aromatic rings. The molecule has 0 aliphatic rings. The predicted octanol–water partition coefficient (Wildman–Crippen LogP) is 3.70. The van der Waals surface area contributed by atoms with E-state index in [4.69, 9.17) is 16.7 Å². The maximum Gasteiger partial charge on any atom is 0.0550 e. The highest BCUT2D eigenvalue weighted by atomic mass is 35.5. The molecule has 0 aromatic heterocycles. The second kappa shape index (κ2) is 6.80. The standard InChI is InChI=1S/C14H22ClNOS/c1-10(9-17)18-13-6-5-12(15)7-11(13)8-16-14(2,3)4/h5-7,10,16-17H,8-9H2,1-4H3. The van der Waals surface area contributed by atoms with Crippen LogP contribution in [0.3, 0.4) is 0 Å². The molecule has 0 amide bonds. The minimum atomic E-state index is 0.0762. The van der Waals surface area contributed by atoms with E-state index in [1.807, 2.05) is 25.1 Å². The fraction of sp³-hybridized carbons (Fsp3) is 0.571. The molecule has 1 aromatic carbocycles. The van der Waals surface area contributed by atoms with E-state index in [0.717, 1.165) is 11.6 Å². The van der Waals surface area contributed by atoms with Crippen molar-refractivity contribution < 1.29 is 5.11 Å². The number of benzene rings is 1. The second-order valence-corrected chi connectivity index (χ2v) is 7.38. The molecule has 0 aliphatic heterocycles. The summed E-state index contributed by atoms with van der Waals surface area (Å²) in [5, 5.41) is 13.5. The fourth-order valence-electron chi connectivity index (χ4n) is 1.42. The van der Waals surface area contributed by atoms with Gasteiger partial charge >= 0.3 is 0 Å². The van der Waals surface area contributed by atoms with Crippen LogP contribution in [0.2, 0.25) is 5.02 Å². The van der Waals surface area contributed by atoms with Crippen LogP contribution >= 0.6 is 23.4 Å². The van der Waals surface area contributed by atoms with E-state index in [-0.39, 0.29) is 17.4 Å². The van der Waals surface area contributed by atoms with Crippen LogP contribution in [0.25, 0.3) is 0 Å². The molecule has 0 saturated carbocycles. The van der Waals surface area contributed by atoms with Crippen LogP contribution in [0, 0.1) is 0 Å². The molecular weight excluding hydrogens is 266 g/mol. The number of rotatable bonds is 5. The van der Waals surface area contributed by atoms with Crippen LogP contribution in [-0.4, -0.2) is 22.5 Å². The Balaban J connectivity index is 2.83. The molecule has 0 heterocycles. The topological polar surface area (TPSA) is 32.3 Å². The van der Waals surface area contributed by atoms with Gasteiger partial charge in [-0.15, -0.1) is 11.8 Å². The second-order valence-electron chi connectivity index (χ2n) is 5.47. The molecule has 2 N–H and O–H groups in total. The number of halogens is 1. The van der Waals surface area contributed by atoms with Crippen molar-refractivity contribution in [3.63, 3.8) is 0 Å². The lowest BCUT2D eigenvalue weighted by molar-refractivity contribution is 0.300. The smallest absolute Gasteiger partial charge is 0.0550 e. The van der Waals surface area contributed by atoms with Gasteiger partial charge in [-0.05, 0) is 44.5 Å². The van der Waals surface area contributed by atoms with Crippen LogP contribution < -0.4 is 5.32 Å². The Kier molecular flexibility index (Phi) is 5.99. The van der Waals surface area contributed by atoms with Gasteiger partial charge in [-0.1, -0.05) is 18.5 Å². The zero-order chi connectivity index (χ0) is 13.8. The van der Waals surface area contributed by atoms with E-state index in [1.54, 1.807) is 11.8 Å². The van der Waals surface area contributed by atoms with E-state index in [1.165, 1.54) is 10.5 Å². The third-order valence-electron chi connectivity index (χ3n) is 2.42. The van der Waals surface area contributed by atoms with Crippen LogP contribution in [0.15, 0.2) is 23.1 Å². The van der Waals surface area contributed by atoms with Gasteiger partial charge < -0.3 is 10.4 Å². The summed E-state index contributed by atoms with van der Waals surface area (Å²) in [5.41, 5.74) is 1.26. The summed E-state index contributed by atoms with van der Waals surface area (Å²) in [6.07, 6.45) is 0. The van der Waals surface area contributed by atoms with Crippen molar-refractivity contribution in [2.75, 3.05) is 6.61 Å². The summed E-state index contributed by atoms with van der Waals surface area (Å²) >= 11 is 7.73. The molecule has 0 aliphatic carbocycles. The zero-order valence-corrected chi connectivity index (χ0v) is 13.0. The number of thioether (sulfide) groups is 1. The highest BCUT2D eigenvalue weighted by molar-refractivity contribution is 8.00. The highest BCUT2D eigenvalue weighted by Gasteiger charge is 2.12. The van der Waals surface area contributed by atoms with Gasteiger partial charge in [0.25, 0.3) is 0 Å². The summed E-state index contributed by atoms with van der Waals surface area (Å²) in [5.74, 6) is 0. The van der Waals surface area contributed by atoms with Crippen molar-refractivity contribution in [2.24, 2.45) is 0 Å². The van der Waals surface area contributed by atoms with Gasteiger partial charge in [0.05, 0.1) is 6.61 Å². The summed E-state index contributed by atoms with van der Waals surface area (Å²) in [4.78, 5) is 1.18. The molecule has 0 fully saturated rings. The van der Waals surface area contributed by atoms with E-state index >= 15 is 0 Å². The molecule has 1 atom stereocenters. The summed E-state index contributed by atoms with van der Waals surface area (Å²) in [6.45, 7) is 9.40. The number of aliphatic hydroxyl groups excluding tert-OH is 1. The monoisotopic (exact) mass is 287 g/mol. The lowest BCUT2D eigenvalue weighted by Gasteiger charge is -2.22. The molecular formula is C14H22ClNOS. The van der Waals surface area contributed by atoms with Crippen LogP contribution in [-0.2, 0) is 6.54 Å². The number of nitrogens with one attached hydrogen (secondary N) is 1. The summed E-state index contributed by atoms with van der Waals surface area (Å²) in [7, 11) is 0. The Morgan fingerprint density at radius 2 is 2.06 bits per heavy atom. The minimum absolute atomic E-state index is 0.0762. The van der Waals surface area contributed by atoms with E-state index < -0.39 is 0 Å². The van der Waals surface area contributed by atoms with Crippen molar-refractivity contribution in [1.29, 1.82) is 0 Å². The largest absolute Gasteiger partial charge is 0.395 e. The third kappa shape index (κ3) is 5.61. The first kappa shape index (κ1) is 15.8. The van der Waals surface area contributed by atoms with Gasteiger partial charge in [0, 0.05) is 27.3 Å². The first-order valence-corrected chi connectivity index (χ1v) is 7.38. The average molecular weight is 288 g/mol. The van der Waals surface area contributed by atoms with E-state index in [0.29, 0.717) is 0 Å². The molecule has 1 rings (SSSR count). The Morgan fingerprint density at radius 1 is 1.39 bits per heavy atom. The number of hydrogen-bond donors (Lipinski definition) is 2. The normalized spacial score (nSPS) is 13.7. The van der Waals surface area contributed by atoms with Crippen molar-refractivity contribution >= 4 is 23.4 Å². The average Bonchev–Trinajstić information content (AvgIpc) is 2.28. The van der Waals surface area contributed by atoms with Crippen molar-refractivity contribution in [3.8, 4) is 0 Å². The number of hydrogen-bond acceptors (Lipinski definition) is 3. The zero-order valence-electron chi connectivity index (χ0n) is 11.5. The van der Waals surface area contributed by atoms with E-state index in [9.17, 15) is 0 Å². The van der Waals surface area contributed by atoms with Gasteiger partial charge in [0.1, 0.15) is 0 Å². The third-order valence-corrected chi connectivity index (χ3v) is 3.86. The van der Waals surface area contributed by atoms with Gasteiger partial charge in [0.15, 0.2) is 0 Å². The molecule has 1 unspecified atom stereocenters. The van der Waals surface area contributed by atoms with Crippen LogP contribution in [0.1, 0.15) is 33.3 Å². The molecule has 0 spiro atoms. The molecule has 2 nitrogen and oxygen atoms in total. The Bertz CT molecular complexity index is 390. The minimum Gasteiger partial charge on any atom is -0.395 e. The summed E-state index contributed by atoms with van der Waals surface area (Å²) in [6, 6.07) is 5.92. The molecule has 0 bridgehead atoms. The fourth-order valence-corrected chi connectivity index (χ4v) is 2.55. The number of aliphatic hydroxyl groups is 1. The maximum absolute atomic E-state index is 9.14. The van der Waals surface area contributed by atoms with Gasteiger partial charge in [-0.2, -0.15) is 0 Å². The lowest BCUT2D eigenvalue weighted by Crippen LogP contribution is -2.35. The Morgan fingerprint density at radius 3 is 2.61 bits per heavy atom. The molecule has 4 heteroatoms. The van der Waals surface area contributed by atoms with Crippen molar-refractivity contribution in [3.05, 3.63) is 28.8 Å². The SMILES string of the molecule is CC(CO)Sc1ccc(Cl)cc1CNC(C)(C)C. The van der Waals surface area contributed by atoms with Gasteiger partial charge in [-0.3, -0.25) is 0 Å². The predicted molar refractivity (Wildman–Crippen MR) is 80.4 cm³/mol. The van der Waals surface area contributed by atoms with E-state index in [2.05, 4.69) is 26.1 Å². The Hall–Kier alpha value is -0.220. The molecule has 18 heavy (non-hydrogen) atoms. The van der Waals surface area contributed by atoms with Crippen LogP contribution in [0.5, 0.6) is 0 Å². The molecule has 0 saturated heterocycles. The molecule has 102 valence electrons. The highest BCUT2D eigenvalue weighted by Crippen LogP contribution is 2.29. The first-order chi connectivity index (χ1) is 8.31. The lowest BCUT2D eigenvalue weighted by atomic mass is 10.1. The maximum atomic E-state index is 9.14. The quantitative estimate of drug-likeness (QED) is 0.810. The molecule has 0 radical (unpaired) electrons. The Labute approximate surface area is 119 Å². The summed E-state index contributed by atoms with van der Waals surface area (Å²) < 4.78 is 0. The first-order valence-electron chi connectivity index (χ1n) is 6.13.